The molecule has 0 aliphatic heterocycles. The Labute approximate surface area is 128 Å². The molecule has 120 valence electrons. The fourth-order valence-corrected chi connectivity index (χ4v) is 3.18. The number of hydrogen-bond donors (Lipinski definition) is 2. The first-order valence-electron chi connectivity index (χ1n) is 7.86. The second-order valence-electron chi connectivity index (χ2n) is 5.47. The Morgan fingerprint density at radius 3 is 2.75 bits per heavy atom. The summed E-state index contributed by atoms with van der Waals surface area (Å²) in [6.45, 7) is 5.17. The van der Waals surface area contributed by atoms with Crippen LogP contribution in [-0.4, -0.2) is 61.7 Å². The minimum Gasteiger partial charge on any atom is -0.389 e. The van der Waals surface area contributed by atoms with Crippen molar-refractivity contribution in [2.75, 3.05) is 39.2 Å². The van der Waals surface area contributed by atoms with Crippen molar-refractivity contribution in [3.8, 4) is 0 Å². The average molecular weight is 305 g/mol. The third-order valence-corrected chi connectivity index (χ3v) is 4.78. The van der Waals surface area contributed by atoms with Crippen LogP contribution < -0.4 is 5.32 Å². The van der Waals surface area contributed by atoms with Gasteiger partial charge in [-0.15, -0.1) is 0 Å². The van der Waals surface area contributed by atoms with E-state index in [0.29, 0.717) is 32.4 Å². The summed E-state index contributed by atoms with van der Waals surface area (Å²) < 4.78 is 10.8. The standard InChI is InChI=1S/C15H31NO3S/c1-3-4-7-18-8-9-19-12-14(17)11-16-13-5-6-15(10-13)20-2/h13-17H,3-12H2,1-2H3. The van der Waals surface area contributed by atoms with Gasteiger partial charge in [0.15, 0.2) is 0 Å². The molecule has 0 aromatic carbocycles. The second-order valence-corrected chi connectivity index (χ2v) is 6.61. The number of unbranched alkanes of at least 4 members (excludes halogenated alkanes) is 1. The Balaban J connectivity index is 1.89. The van der Waals surface area contributed by atoms with Gasteiger partial charge in [-0.2, -0.15) is 11.8 Å². The Kier molecular flexibility index (Phi) is 10.8. The average Bonchev–Trinajstić information content (AvgIpc) is 2.92. The normalized spacial score (nSPS) is 24.1. The fraction of sp³-hybridized carbons (Fsp3) is 1.00. The van der Waals surface area contributed by atoms with E-state index in [0.717, 1.165) is 24.7 Å². The molecular weight excluding hydrogens is 274 g/mol. The summed E-state index contributed by atoms with van der Waals surface area (Å²) in [5, 5.41) is 14.1. The first-order valence-corrected chi connectivity index (χ1v) is 9.14. The summed E-state index contributed by atoms with van der Waals surface area (Å²) >= 11 is 1.95. The topological polar surface area (TPSA) is 50.7 Å². The monoisotopic (exact) mass is 305 g/mol. The smallest absolute Gasteiger partial charge is 0.0897 e. The Hall–Kier alpha value is 0.190. The molecule has 0 saturated heterocycles. The predicted octanol–water partition coefficient (Wildman–Crippen LogP) is 2.05. The molecular formula is C15H31NO3S. The lowest BCUT2D eigenvalue weighted by molar-refractivity contribution is 0.00325. The molecule has 1 fully saturated rings. The molecule has 20 heavy (non-hydrogen) atoms. The van der Waals surface area contributed by atoms with Gasteiger partial charge in [0, 0.05) is 24.4 Å². The summed E-state index contributed by atoms with van der Waals surface area (Å²) in [6, 6.07) is 0.569. The lowest BCUT2D eigenvalue weighted by Gasteiger charge is -2.16. The third-order valence-electron chi connectivity index (χ3n) is 3.68. The highest BCUT2D eigenvalue weighted by molar-refractivity contribution is 7.99. The molecule has 3 unspecified atom stereocenters. The number of thioether (sulfide) groups is 1. The zero-order valence-electron chi connectivity index (χ0n) is 13.0. The molecule has 1 aliphatic carbocycles. The molecule has 0 aromatic rings. The molecule has 0 aromatic heterocycles. The number of ether oxygens (including phenoxy) is 2. The van der Waals surface area contributed by atoms with Crippen LogP contribution in [0.4, 0.5) is 0 Å². The van der Waals surface area contributed by atoms with Gasteiger partial charge in [-0.05, 0) is 31.9 Å². The number of rotatable bonds is 12. The predicted molar refractivity (Wildman–Crippen MR) is 85.5 cm³/mol. The summed E-state index contributed by atoms with van der Waals surface area (Å²) in [5.41, 5.74) is 0. The largest absolute Gasteiger partial charge is 0.389 e. The number of aliphatic hydroxyl groups is 1. The highest BCUT2D eigenvalue weighted by Gasteiger charge is 2.23. The van der Waals surface area contributed by atoms with Crippen LogP contribution in [0.5, 0.6) is 0 Å². The minimum atomic E-state index is -0.418. The molecule has 4 nitrogen and oxygen atoms in total. The summed E-state index contributed by atoms with van der Waals surface area (Å²) in [6.07, 6.45) is 7.76. The van der Waals surface area contributed by atoms with Crippen LogP contribution in [0.1, 0.15) is 39.0 Å². The van der Waals surface area contributed by atoms with Crippen molar-refractivity contribution in [1.82, 2.24) is 5.32 Å². The lowest BCUT2D eigenvalue weighted by atomic mass is 10.2. The minimum absolute atomic E-state index is 0.392. The van der Waals surface area contributed by atoms with Gasteiger partial charge < -0.3 is 19.9 Å². The fourth-order valence-electron chi connectivity index (χ4n) is 2.39. The molecule has 0 bridgehead atoms. The van der Waals surface area contributed by atoms with Crippen LogP contribution in [0.3, 0.4) is 0 Å². The number of hydrogen-bond acceptors (Lipinski definition) is 5. The van der Waals surface area contributed by atoms with E-state index in [-0.39, 0.29) is 0 Å². The van der Waals surface area contributed by atoms with Gasteiger partial charge in [0.2, 0.25) is 0 Å². The Morgan fingerprint density at radius 2 is 2.05 bits per heavy atom. The van der Waals surface area contributed by atoms with E-state index in [1.807, 2.05) is 11.8 Å². The first-order chi connectivity index (χ1) is 9.76. The zero-order chi connectivity index (χ0) is 14.6. The highest BCUT2D eigenvalue weighted by atomic mass is 32.2. The van der Waals surface area contributed by atoms with Crippen LogP contribution in [0.15, 0.2) is 0 Å². The summed E-state index contributed by atoms with van der Waals surface area (Å²) in [5.74, 6) is 0. The maximum atomic E-state index is 9.84. The molecule has 0 spiro atoms. The molecule has 1 rings (SSSR count). The van der Waals surface area contributed by atoms with Crippen LogP contribution >= 0.6 is 11.8 Å². The molecule has 1 aliphatic rings. The second kappa shape index (κ2) is 11.8. The molecule has 0 heterocycles. The molecule has 5 heteroatoms. The van der Waals surface area contributed by atoms with Crippen molar-refractivity contribution in [3.05, 3.63) is 0 Å². The summed E-state index contributed by atoms with van der Waals surface area (Å²) in [4.78, 5) is 0. The van der Waals surface area contributed by atoms with Crippen molar-refractivity contribution in [1.29, 1.82) is 0 Å². The van der Waals surface area contributed by atoms with E-state index in [1.165, 1.54) is 19.3 Å². The van der Waals surface area contributed by atoms with Gasteiger partial charge in [0.05, 0.1) is 25.9 Å². The molecule has 0 amide bonds. The van der Waals surface area contributed by atoms with E-state index in [4.69, 9.17) is 9.47 Å². The third kappa shape index (κ3) is 8.47. The Morgan fingerprint density at radius 1 is 1.25 bits per heavy atom. The molecule has 3 atom stereocenters. The van der Waals surface area contributed by atoms with E-state index < -0.39 is 6.10 Å². The van der Waals surface area contributed by atoms with Gasteiger partial charge in [-0.3, -0.25) is 0 Å². The number of nitrogens with one attached hydrogen (secondary N) is 1. The maximum Gasteiger partial charge on any atom is 0.0897 e. The Bertz CT molecular complexity index is 231. The van der Waals surface area contributed by atoms with Crippen molar-refractivity contribution in [3.63, 3.8) is 0 Å². The van der Waals surface area contributed by atoms with E-state index in [9.17, 15) is 5.11 Å². The molecule has 1 saturated carbocycles. The highest BCUT2D eigenvalue weighted by Crippen LogP contribution is 2.27. The SMILES string of the molecule is CCCCOCCOCC(O)CNC1CCC(SC)C1. The van der Waals surface area contributed by atoms with Crippen LogP contribution in [0.25, 0.3) is 0 Å². The number of aliphatic hydroxyl groups excluding tert-OH is 1. The van der Waals surface area contributed by atoms with E-state index in [2.05, 4.69) is 18.5 Å². The lowest BCUT2D eigenvalue weighted by Crippen LogP contribution is -2.36. The van der Waals surface area contributed by atoms with Crippen molar-refractivity contribution < 1.29 is 14.6 Å². The van der Waals surface area contributed by atoms with Crippen LogP contribution in [0.2, 0.25) is 0 Å². The van der Waals surface area contributed by atoms with Gasteiger partial charge >= 0.3 is 0 Å². The van der Waals surface area contributed by atoms with Gasteiger partial charge in [0.25, 0.3) is 0 Å². The maximum absolute atomic E-state index is 9.84. The van der Waals surface area contributed by atoms with Gasteiger partial charge in [-0.25, -0.2) is 0 Å². The van der Waals surface area contributed by atoms with Crippen LogP contribution in [-0.2, 0) is 9.47 Å². The quantitative estimate of drug-likeness (QED) is 0.541. The van der Waals surface area contributed by atoms with E-state index >= 15 is 0 Å². The molecule has 2 N–H and O–H groups in total. The van der Waals surface area contributed by atoms with Crippen molar-refractivity contribution in [2.24, 2.45) is 0 Å². The van der Waals surface area contributed by atoms with E-state index in [1.54, 1.807) is 0 Å². The first kappa shape index (κ1) is 18.2. The van der Waals surface area contributed by atoms with Gasteiger partial charge in [0.1, 0.15) is 0 Å². The summed E-state index contributed by atoms with van der Waals surface area (Å²) in [7, 11) is 0. The van der Waals surface area contributed by atoms with Crippen molar-refractivity contribution >= 4 is 11.8 Å². The van der Waals surface area contributed by atoms with Crippen LogP contribution in [0, 0.1) is 0 Å². The van der Waals surface area contributed by atoms with Crippen molar-refractivity contribution in [2.45, 2.75) is 56.4 Å². The zero-order valence-corrected chi connectivity index (χ0v) is 13.8. The molecule has 0 radical (unpaired) electrons. The van der Waals surface area contributed by atoms with Gasteiger partial charge in [-0.1, -0.05) is 13.3 Å².